The first-order chi connectivity index (χ1) is 4.77. The van der Waals surface area contributed by atoms with Crippen LogP contribution in [-0.4, -0.2) is 15.2 Å². The van der Waals surface area contributed by atoms with E-state index in [1.807, 2.05) is 0 Å². The van der Waals surface area contributed by atoms with Crippen molar-refractivity contribution in [1.29, 1.82) is 0 Å². The fourth-order valence-electron chi connectivity index (χ4n) is 0.215. The molecule has 0 aromatic carbocycles. The van der Waals surface area contributed by atoms with Crippen LogP contribution in [0.1, 0.15) is 13.3 Å². The Labute approximate surface area is 64.4 Å². The molecular formula is C6H9ClN2O. The molecule has 3 nitrogen and oxygen atoms in total. The van der Waals surface area contributed by atoms with Crippen LogP contribution in [0, 0.1) is 0 Å². The van der Waals surface area contributed by atoms with Gasteiger partial charge in [-0.15, -0.1) is 0 Å². The quantitative estimate of drug-likeness (QED) is 0.634. The van der Waals surface area contributed by atoms with Crippen molar-refractivity contribution >= 4 is 16.8 Å². The monoisotopic (exact) mass is 160 g/mol. The Morgan fingerprint density at radius 3 is 2.50 bits per heavy atom. The van der Waals surface area contributed by atoms with Crippen molar-refractivity contribution < 1.29 is 4.79 Å². The van der Waals surface area contributed by atoms with E-state index in [9.17, 15) is 4.79 Å². The zero-order valence-corrected chi connectivity index (χ0v) is 6.43. The van der Waals surface area contributed by atoms with E-state index in [4.69, 9.17) is 11.6 Å². The molecule has 0 spiro atoms. The number of rotatable bonds is 1. The summed E-state index contributed by atoms with van der Waals surface area (Å²) >= 11 is 4.82. The highest BCUT2D eigenvalue weighted by Crippen LogP contribution is 1.81. The summed E-state index contributed by atoms with van der Waals surface area (Å²) in [6, 6.07) is 0. The maximum absolute atomic E-state index is 9.58. The Bertz CT molecular complexity index is 145. The van der Waals surface area contributed by atoms with Crippen LogP contribution in [0.15, 0.2) is 18.7 Å². The van der Waals surface area contributed by atoms with Crippen LogP contribution in [0.3, 0.4) is 0 Å². The van der Waals surface area contributed by atoms with Crippen LogP contribution in [0.2, 0.25) is 0 Å². The Balaban J connectivity index is 0.000000162. The first-order valence-corrected chi connectivity index (χ1v) is 3.26. The molecule has 0 saturated carbocycles. The lowest BCUT2D eigenvalue weighted by atomic mass is 10.6. The first kappa shape index (κ1) is 9.17. The van der Waals surface area contributed by atoms with Gasteiger partial charge in [-0.25, -0.2) is 4.98 Å². The van der Waals surface area contributed by atoms with Crippen LogP contribution >= 0.6 is 11.6 Å². The molecule has 0 aliphatic rings. The van der Waals surface area contributed by atoms with Crippen LogP contribution in [0.5, 0.6) is 0 Å². The van der Waals surface area contributed by atoms with Crippen molar-refractivity contribution in [3.8, 4) is 0 Å². The summed E-state index contributed by atoms with van der Waals surface area (Å²) in [7, 11) is 0. The molecule has 0 saturated heterocycles. The summed E-state index contributed by atoms with van der Waals surface area (Å²) in [5, 5.41) is -0.273. The Morgan fingerprint density at radius 1 is 1.80 bits per heavy atom. The van der Waals surface area contributed by atoms with Crippen molar-refractivity contribution in [3.63, 3.8) is 0 Å². The molecule has 0 unspecified atom stereocenters. The maximum atomic E-state index is 9.58. The standard InChI is InChI=1S/C3H5ClO.C3H4N2/c1-2-3(4)5;1-2-5-3-4-1/h2H2,1H3;1-3H,(H,4,5). The number of imidazole rings is 1. The third-order valence-electron chi connectivity index (χ3n) is 0.684. The second-order valence-corrected chi connectivity index (χ2v) is 1.89. The number of aromatic amines is 1. The van der Waals surface area contributed by atoms with Gasteiger partial charge in [-0.3, -0.25) is 4.79 Å². The smallest absolute Gasteiger partial charge is 0.221 e. The molecule has 10 heavy (non-hydrogen) atoms. The van der Waals surface area contributed by atoms with Gasteiger partial charge in [-0.05, 0) is 11.6 Å². The molecule has 4 heteroatoms. The van der Waals surface area contributed by atoms with Gasteiger partial charge in [-0.1, -0.05) is 6.92 Å². The second kappa shape index (κ2) is 6.29. The van der Waals surface area contributed by atoms with E-state index in [0.29, 0.717) is 6.42 Å². The average Bonchev–Trinajstić information content (AvgIpc) is 2.43. The SMILES string of the molecule is CCC(=O)Cl.c1c[nH]cn1. The topological polar surface area (TPSA) is 45.8 Å². The number of hydrogen-bond acceptors (Lipinski definition) is 2. The molecular weight excluding hydrogens is 152 g/mol. The van der Waals surface area contributed by atoms with E-state index in [2.05, 4.69) is 9.97 Å². The summed E-state index contributed by atoms with van der Waals surface area (Å²) in [5.74, 6) is 0. The second-order valence-electron chi connectivity index (χ2n) is 1.47. The molecule has 0 aliphatic heterocycles. The summed E-state index contributed by atoms with van der Waals surface area (Å²) in [4.78, 5) is 16.0. The summed E-state index contributed by atoms with van der Waals surface area (Å²) in [6.07, 6.45) is 5.52. The van der Waals surface area contributed by atoms with Gasteiger partial charge in [0.1, 0.15) is 0 Å². The highest BCUT2D eigenvalue weighted by Gasteiger charge is 1.81. The van der Waals surface area contributed by atoms with E-state index < -0.39 is 0 Å². The molecule has 0 bridgehead atoms. The minimum atomic E-state index is -0.273. The molecule has 1 heterocycles. The normalized spacial score (nSPS) is 7.80. The third-order valence-corrected chi connectivity index (χ3v) is 0.951. The zero-order chi connectivity index (χ0) is 7.82. The number of nitrogens with zero attached hydrogens (tertiary/aromatic N) is 1. The number of carbonyl (C=O) groups excluding carboxylic acids is 1. The van der Waals surface area contributed by atoms with E-state index >= 15 is 0 Å². The zero-order valence-electron chi connectivity index (χ0n) is 5.67. The Kier molecular flexibility index (Phi) is 5.77. The van der Waals surface area contributed by atoms with Crippen LogP contribution in [0.25, 0.3) is 0 Å². The lowest BCUT2D eigenvalue weighted by Crippen LogP contribution is -1.74. The predicted octanol–water partition coefficient (Wildman–Crippen LogP) is 1.57. The maximum Gasteiger partial charge on any atom is 0.221 e. The van der Waals surface area contributed by atoms with E-state index in [-0.39, 0.29) is 5.24 Å². The van der Waals surface area contributed by atoms with Crippen molar-refractivity contribution in [3.05, 3.63) is 18.7 Å². The first-order valence-electron chi connectivity index (χ1n) is 2.88. The molecule has 1 rings (SSSR count). The van der Waals surface area contributed by atoms with Crippen LogP contribution in [0.4, 0.5) is 0 Å². The summed E-state index contributed by atoms with van der Waals surface area (Å²) in [6.45, 7) is 1.72. The van der Waals surface area contributed by atoms with Gasteiger partial charge >= 0.3 is 0 Å². The van der Waals surface area contributed by atoms with Crippen molar-refractivity contribution in [2.24, 2.45) is 0 Å². The number of hydrogen-bond donors (Lipinski definition) is 1. The van der Waals surface area contributed by atoms with Crippen LogP contribution < -0.4 is 0 Å². The minimum absolute atomic E-state index is 0.273. The molecule has 0 atom stereocenters. The van der Waals surface area contributed by atoms with Crippen LogP contribution in [-0.2, 0) is 4.79 Å². The lowest BCUT2D eigenvalue weighted by Gasteiger charge is -1.68. The van der Waals surface area contributed by atoms with E-state index in [1.54, 1.807) is 25.6 Å². The van der Waals surface area contributed by atoms with Gasteiger partial charge in [0, 0.05) is 18.8 Å². The van der Waals surface area contributed by atoms with Gasteiger partial charge in [-0.2, -0.15) is 0 Å². The molecule has 0 amide bonds. The van der Waals surface area contributed by atoms with Gasteiger partial charge in [0.25, 0.3) is 0 Å². The summed E-state index contributed by atoms with van der Waals surface area (Å²) < 4.78 is 0. The fraction of sp³-hybridized carbons (Fsp3) is 0.333. The number of halogens is 1. The third kappa shape index (κ3) is 7.17. The van der Waals surface area contributed by atoms with Gasteiger partial charge < -0.3 is 4.98 Å². The average molecular weight is 161 g/mol. The largest absolute Gasteiger partial charge is 0.351 e. The van der Waals surface area contributed by atoms with E-state index in [0.717, 1.165) is 0 Å². The van der Waals surface area contributed by atoms with Gasteiger partial charge in [0.15, 0.2) is 0 Å². The number of carbonyl (C=O) groups is 1. The minimum Gasteiger partial charge on any atom is -0.351 e. The Hall–Kier alpha value is -0.830. The molecule has 56 valence electrons. The molecule has 1 aromatic heterocycles. The van der Waals surface area contributed by atoms with Crippen molar-refractivity contribution in [2.45, 2.75) is 13.3 Å². The molecule has 1 N–H and O–H groups in total. The number of nitrogens with one attached hydrogen (secondary N) is 1. The van der Waals surface area contributed by atoms with Gasteiger partial charge in [0.2, 0.25) is 5.24 Å². The Morgan fingerprint density at radius 2 is 2.40 bits per heavy atom. The van der Waals surface area contributed by atoms with Gasteiger partial charge in [0.05, 0.1) is 6.33 Å². The van der Waals surface area contributed by atoms with Crippen molar-refractivity contribution in [2.75, 3.05) is 0 Å². The highest BCUT2D eigenvalue weighted by atomic mass is 35.5. The molecule has 0 aliphatic carbocycles. The molecule has 1 aromatic rings. The van der Waals surface area contributed by atoms with E-state index in [1.165, 1.54) is 0 Å². The lowest BCUT2D eigenvalue weighted by molar-refractivity contribution is -0.111. The molecule has 0 fully saturated rings. The number of aromatic nitrogens is 2. The summed E-state index contributed by atoms with van der Waals surface area (Å²) in [5.41, 5.74) is 0. The number of H-pyrrole nitrogens is 1. The highest BCUT2D eigenvalue weighted by molar-refractivity contribution is 6.63. The fourth-order valence-corrected chi connectivity index (χ4v) is 0.215. The predicted molar refractivity (Wildman–Crippen MR) is 39.7 cm³/mol. The molecule has 0 radical (unpaired) electrons. The van der Waals surface area contributed by atoms with Crippen molar-refractivity contribution in [1.82, 2.24) is 9.97 Å².